The highest BCUT2D eigenvalue weighted by Gasteiger charge is 2.24. The SMILES string of the molecule is O=C(Nc1ccc(Cl)cc1C(O)c1ccccc1F)[C@@H]1CCCN1. The van der Waals surface area contributed by atoms with Gasteiger partial charge in [0.25, 0.3) is 0 Å². The van der Waals surface area contributed by atoms with Crippen molar-refractivity contribution in [1.82, 2.24) is 5.32 Å². The number of halogens is 2. The van der Waals surface area contributed by atoms with Crippen molar-refractivity contribution >= 4 is 23.2 Å². The topological polar surface area (TPSA) is 61.4 Å². The minimum Gasteiger partial charge on any atom is -0.383 e. The van der Waals surface area contributed by atoms with Crippen LogP contribution in [0.25, 0.3) is 0 Å². The number of nitrogens with one attached hydrogen (secondary N) is 2. The van der Waals surface area contributed by atoms with Gasteiger partial charge in [-0.2, -0.15) is 0 Å². The van der Waals surface area contributed by atoms with Crippen LogP contribution in [0.1, 0.15) is 30.1 Å². The highest BCUT2D eigenvalue weighted by atomic mass is 35.5. The van der Waals surface area contributed by atoms with Crippen molar-refractivity contribution in [3.8, 4) is 0 Å². The van der Waals surface area contributed by atoms with Crippen molar-refractivity contribution in [3.63, 3.8) is 0 Å². The number of carbonyl (C=O) groups is 1. The van der Waals surface area contributed by atoms with E-state index in [9.17, 15) is 14.3 Å². The molecule has 0 aliphatic carbocycles. The fourth-order valence-corrected chi connectivity index (χ4v) is 3.05. The molecular formula is C18H18ClFN2O2. The normalized spacial score (nSPS) is 18.4. The predicted molar refractivity (Wildman–Crippen MR) is 91.6 cm³/mol. The molecule has 0 aromatic heterocycles. The number of carbonyl (C=O) groups excluding carboxylic acids is 1. The largest absolute Gasteiger partial charge is 0.383 e. The number of anilines is 1. The lowest BCUT2D eigenvalue weighted by Crippen LogP contribution is -2.35. The third-order valence-corrected chi connectivity index (χ3v) is 4.38. The Hall–Kier alpha value is -1.95. The van der Waals surface area contributed by atoms with Crippen LogP contribution in [-0.2, 0) is 4.79 Å². The first-order valence-corrected chi connectivity index (χ1v) is 8.20. The zero-order chi connectivity index (χ0) is 17.1. The van der Waals surface area contributed by atoms with E-state index in [-0.39, 0.29) is 17.5 Å². The van der Waals surface area contributed by atoms with Gasteiger partial charge in [0.1, 0.15) is 11.9 Å². The third kappa shape index (κ3) is 3.59. The Kier molecular flexibility index (Phi) is 5.14. The monoisotopic (exact) mass is 348 g/mol. The molecule has 2 aromatic carbocycles. The van der Waals surface area contributed by atoms with Crippen molar-refractivity contribution in [2.45, 2.75) is 25.0 Å². The molecule has 126 valence electrons. The van der Waals surface area contributed by atoms with Gasteiger partial charge in [-0.1, -0.05) is 29.8 Å². The number of hydrogen-bond donors (Lipinski definition) is 3. The summed E-state index contributed by atoms with van der Waals surface area (Å²) in [5.74, 6) is -0.684. The van der Waals surface area contributed by atoms with Crippen LogP contribution >= 0.6 is 11.6 Å². The Morgan fingerprint density at radius 2 is 2.08 bits per heavy atom. The first-order chi connectivity index (χ1) is 11.6. The van der Waals surface area contributed by atoms with Crippen LogP contribution in [-0.4, -0.2) is 23.6 Å². The summed E-state index contributed by atoms with van der Waals surface area (Å²) in [6.07, 6.45) is 0.491. The van der Waals surface area contributed by atoms with Gasteiger partial charge in [-0.05, 0) is 43.7 Å². The lowest BCUT2D eigenvalue weighted by molar-refractivity contribution is -0.117. The van der Waals surface area contributed by atoms with Crippen LogP contribution in [0.4, 0.5) is 10.1 Å². The van der Waals surface area contributed by atoms with Crippen molar-refractivity contribution in [3.05, 3.63) is 64.4 Å². The number of rotatable bonds is 4. The number of amides is 1. The summed E-state index contributed by atoms with van der Waals surface area (Å²) in [7, 11) is 0. The van der Waals surface area contributed by atoms with Crippen LogP contribution in [0.2, 0.25) is 5.02 Å². The summed E-state index contributed by atoms with van der Waals surface area (Å²) in [5, 5.41) is 16.9. The quantitative estimate of drug-likeness (QED) is 0.794. The van der Waals surface area contributed by atoms with E-state index < -0.39 is 11.9 Å². The molecule has 0 spiro atoms. The Morgan fingerprint density at radius 1 is 1.29 bits per heavy atom. The van der Waals surface area contributed by atoms with E-state index in [1.54, 1.807) is 24.3 Å². The average molecular weight is 349 g/mol. The molecule has 1 aliphatic heterocycles. The van der Waals surface area contributed by atoms with Crippen LogP contribution in [0.15, 0.2) is 42.5 Å². The molecule has 2 atom stereocenters. The Labute approximate surface area is 144 Å². The van der Waals surface area contributed by atoms with Crippen LogP contribution in [0.3, 0.4) is 0 Å². The summed E-state index contributed by atoms with van der Waals surface area (Å²) in [6.45, 7) is 0.809. The van der Waals surface area contributed by atoms with Crippen LogP contribution in [0, 0.1) is 5.82 Å². The molecule has 1 saturated heterocycles. The van der Waals surface area contributed by atoms with E-state index in [2.05, 4.69) is 10.6 Å². The van der Waals surface area contributed by atoms with Crippen molar-refractivity contribution in [1.29, 1.82) is 0 Å². The molecular weight excluding hydrogens is 331 g/mol. The van der Waals surface area contributed by atoms with E-state index in [1.165, 1.54) is 18.2 Å². The van der Waals surface area contributed by atoms with Crippen LogP contribution in [0.5, 0.6) is 0 Å². The summed E-state index contributed by atoms with van der Waals surface area (Å²) >= 11 is 6.02. The minimum absolute atomic E-state index is 0.134. The molecule has 24 heavy (non-hydrogen) atoms. The second-order valence-electron chi connectivity index (χ2n) is 5.79. The van der Waals surface area contributed by atoms with Gasteiger partial charge < -0.3 is 15.7 Å². The zero-order valence-corrected chi connectivity index (χ0v) is 13.7. The lowest BCUT2D eigenvalue weighted by atomic mass is 9.99. The molecule has 1 amide bonds. The van der Waals surface area contributed by atoms with E-state index in [4.69, 9.17) is 11.6 Å². The molecule has 0 radical (unpaired) electrons. The molecule has 0 saturated carbocycles. The highest BCUT2D eigenvalue weighted by Crippen LogP contribution is 2.32. The maximum atomic E-state index is 14.0. The molecule has 4 nitrogen and oxygen atoms in total. The minimum atomic E-state index is -1.23. The fraction of sp³-hybridized carbons (Fsp3) is 0.278. The third-order valence-electron chi connectivity index (χ3n) is 4.14. The van der Waals surface area contributed by atoms with Gasteiger partial charge in [-0.25, -0.2) is 4.39 Å². The van der Waals surface area contributed by atoms with Gasteiger partial charge in [0.15, 0.2) is 0 Å². The van der Waals surface area contributed by atoms with Gasteiger partial charge in [0, 0.05) is 21.8 Å². The van der Waals surface area contributed by atoms with E-state index >= 15 is 0 Å². The summed E-state index contributed by atoms with van der Waals surface area (Å²) in [4.78, 5) is 12.3. The second kappa shape index (κ2) is 7.30. The van der Waals surface area contributed by atoms with Crippen molar-refractivity contribution in [2.24, 2.45) is 0 Å². The maximum absolute atomic E-state index is 14.0. The average Bonchev–Trinajstić information content (AvgIpc) is 3.11. The van der Waals surface area contributed by atoms with Gasteiger partial charge in [-0.15, -0.1) is 0 Å². The molecule has 3 rings (SSSR count). The highest BCUT2D eigenvalue weighted by molar-refractivity contribution is 6.30. The number of aliphatic hydroxyl groups is 1. The second-order valence-corrected chi connectivity index (χ2v) is 6.23. The maximum Gasteiger partial charge on any atom is 0.241 e. The predicted octanol–water partition coefficient (Wildman–Crippen LogP) is 3.25. The van der Waals surface area contributed by atoms with Crippen molar-refractivity contribution in [2.75, 3.05) is 11.9 Å². The summed E-state index contributed by atoms with van der Waals surface area (Å²) in [6, 6.07) is 10.5. The fourth-order valence-electron chi connectivity index (χ4n) is 2.87. The van der Waals surface area contributed by atoms with E-state index in [1.807, 2.05) is 0 Å². The molecule has 2 aromatic rings. The summed E-state index contributed by atoms with van der Waals surface area (Å²) in [5.41, 5.74) is 0.919. The summed E-state index contributed by atoms with van der Waals surface area (Å²) < 4.78 is 14.0. The number of benzene rings is 2. The van der Waals surface area contributed by atoms with Gasteiger partial charge in [0.2, 0.25) is 5.91 Å². The molecule has 1 aliphatic rings. The standard InChI is InChI=1S/C18H18ClFN2O2/c19-11-7-8-15(22-18(24)16-6-3-9-21-16)13(10-11)17(23)12-4-1-2-5-14(12)20/h1-2,4-5,7-8,10,16-17,21,23H,3,6,9H2,(H,22,24)/t16-,17?/m0/s1. The molecule has 0 bridgehead atoms. The smallest absolute Gasteiger partial charge is 0.241 e. The first-order valence-electron chi connectivity index (χ1n) is 7.82. The van der Waals surface area contributed by atoms with Gasteiger partial charge in [0.05, 0.1) is 6.04 Å². The lowest BCUT2D eigenvalue weighted by Gasteiger charge is -2.19. The molecule has 6 heteroatoms. The molecule has 1 heterocycles. The molecule has 1 unspecified atom stereocenters. The van der Waals surface area contributed by atoms with Gasteiger partial charge >= 0.3 is 0 Å². The van der Waals surface area contributed by atoms with Crippen LogP contribution < -0.4 is 10.6 Å². The Bertz CT molecular complexity index is 748. The molecule has 3 N–H and O–H groups in total. The van der Waals surface area contributed by atoms with Crippen molar-refractivity contribution < 1.29 is 14.3 Å². The zero-order valence-electron chi connectivity index (χ0n) is 12.9. The Balaban J connectivity index is 1.90. The van der Waals surface area contributed by atoms with E-state index in [0.29, 0.717) is 16.3 Å². The number of aliphatic hydroxyl groups excluding tert-OH is 1. The van der Waals surface area contributed by atoms with Gasteiger partial charge in [-0.3, -0.25) is 4.79 Å². The number of hydrogen-bond acceptors (Lipinski definition) is 3. The molecule has 1 fully saturated rings. The Morgan fingerprint density at radius 3 is 2.79 bits per heavy atom. The van der Waals surface area contributed by atoms with E-state index in [0.717, 1.165) is 19.4 Å². The first kappa shape index (κ1) is 16.9.